The Labute approximate surface area is 133 Å². The summed E-state index contributed by atoms with van der Waals surface area (Å²) in [5, 5.41) is 12.7. The van der Waals surface area contributed by atoms with Crippen molar-refractivity contribution < 1.29 is 14.3 Å². The summed E-state index contributed by atoms with van der Waals surface area (Å²) in [5.74, 6) is -0.478. The highest BCUT2D eigenvalue weighted by Gasteiger charge is 2.22. The van der Waals surface area contributed by atoms with Gasteiger partial charge in [-0.1, -0.05) is 30.3 Å². The Bertz CT molecular complexity index is 647. The van der Waals surface area contributed by atoms with Gasteiger partial charge in [-0.05, 0) is 29.5 Å². The third-order valence-corrected chi connectivity index (χ3v) is 3.40. The molecule has 0 aliphatic heterocycles. The van der Waals surface area contributed by atoms with Crippen molar-refractivity contribution in [2.45, 2.75) is 12.1 Å². The van der Waals surface area contributed by atoms with E-state index in [9.17, 15) is 14.3 Å². The molecule has 2 N–H and O–H groups in total. The van der Waals surface area contributed by atoms with Crippen LogP contribution < -0.4 is 5.32 Å². The summed E-state index contributed by atoms with van der Waals surface area (Å²) in [6, 6.07) is 9.77. The largest absolute Gasteiger partial charge is 0.386 e. The van der Waals surface area contributed by atoms with E-state index >= 15 is 0 Å². The first-order valence-electron chi connectivity index (χ1n) is 7.12. The molecule has 1 aromatic carbocycles. The highest BCUT2D eigenvalue weighted by atomic mass is 19.1. The van der Waals surface area contributed by atoms with Gasteiger partial charge in [0.1, 0.15) is 19.3 Å². The minimum Gasteiger partial charge on any atom is -0.386 e. The molecule has 0 aliphatic rings. The minimum absolute atomic E-state index is 0.164. The molecule has 6 heteroatoms. The molecule has 5 nitrogen and oxygen atoms in total. The molecule has 23 heavy (non-hydrogen) atoms. The Morgan fingerprint density at radius 2 is 2.04 bits per heavy atom. The van der Waals surface area contributed by atoms with Crippen LogP contribution in [-0.2, 0) is 4.79 Å². The van der Waals surface area contributed by atoms with E-state index in [1.807, 2.05) is 24.3 Å². The summed E-state index contributed by atoms with van der Waals surface area (Å²) < 4.78 is 13.1. The van der Waals surface area contributed by atoms with Gasteiger partial charge in [0, 0.05) is 12.4 Å². The zero-order chi connectivity index (χ0) is 16.7. The molecule has 1 amide bonds. The third kappa shape index (κ3) is 4.43. The fraction of sp³-hybridized carbons (Fsp3) is 0.235. The summed E-state index contributed by atoms with van der Waals surface area (Å²) >= 11 is 0. The molecule has 0 fully saturated rings. The molecule has 2 rings (SSSR count). The number of aromatic nitrogens is 1. The van der Waals surface area contributed by atoms with E-state index in [1.165, 1.54) is 0 Å². The van der Waals surface area contributed by atoms with E-state index in [2.05, 4.69) is 22.0 Å². The van der Waals surface area contributed by atoms with Crippen molar-refractivity contribution in [1.82, 2.24) is 10.3 Å². The lowest BCUT2D eigenvalue weighted by atomic mass is 9.99. The number of aliphatic hydroxyl groups excluding tert-OH is 1. The maximum atomic E-state index is 13.1. The van der Waals surface area contributed by atoms with E-state index in [0.29, 0.717) is 5.56 Å². The second-order valence-corrected chi connectivity index (χ2v) is 5.02. The third-order valence-electron chi connectivity index (χ3n) is 3.40. The lowest BCUT2D eigenvalue weighted by Crippen LogP contribution is -2.42. The van der Waals surface area contributed by atoms with E-state index < -0.39 is 24.7 Å². The summed E-state index contributed by atoms with van der Waals surface area (Å²) in [7, 11) is 0. The number of halogens is 1. The monoisotopic (exact) mass is 315 g/mol. The first kappa shape index (κ1) is 16.8. The van der Waals surface area contributed by atoms with E-state index in [0.717, 1.165) is 11.1 Å². The van der Waals surface area contributed by atoms with Crippen LogP contribution in [0.25, 0.3) is 11.1 Å². The van der Waals surface area contributed by atoms with E-state index in [4.69, 9.17) is 0 Å². The number of nitrogens with one attached hydrogen (secondary N) is 1. The van der Waals surface area contributed by atoms with Crippen molar-refractivity contribution >= 4 is 12.6 Å². The number of hydrogen-bond acceptors (Lipinski definition) is 4. The molecule has 0 bridgehead atoms. The van der Waals surface area contributed by atoms with Crippen LogP contribution in [0, 0.1) is 0 Å². The number of pyridine rings is 1. The number of carbonyl (C=O) groups is 1. The first-order valence-corrected chi connectivity index (χ1v) is 7.12. The second kappa shape index (κ2) is 8.14. The molecule has 2 atom stereocenters. The van der Waals surface area contributed by atoms with Gasteiger partial charge in [0.05, 0.1) is 6.04 Å². The fourth-order valence-corrected chi connectivity index (χ4v) is 2.19. The highest BCUT2D eigenvalue weighted by molar-refractivity contribution is 5.79. The van der Waals surface area contributed by atoms with Gasteiger partial charge in [-0.2, -0.15) is 0 Å². The zero-order valence-electron chi connectivity index (χ0n) is 12.5. The van der Waals surface area contributed by atoms with Crippen molar-refractivity contribution in [3.05, 3.63) is 54.4 Å². The van der Waals surface area contributed by atoms with Crippen molar-refractivity contribution in [3.63, 3.8) is 0 Å². The van der Waals surface area contributed by atoms with E-state index in [1.54, 1.807) is 24.5 Å². The number of aliphatic hydroxyl groups is 1. The number of benzene rings is 1. The maximum Gasteiger partial charge on any atom is 0.242 e. The predicted octanol–water partition coefficient (Wildman–Crippen LogP) is 1.94. The molecule has 120 valence electrons. The van der Waals surface area contributed by atoms with Gasteiger partial charge >= 0.3 is 0 Å². The molecule has 0 saturated heterocycles. The number of aliphatic imine (C=N–C) groups is 1. The maximum absolute atomic E-state index is 13.1. The number of nitrogens with zero attached hydrogens (tertiary/aromatic N) is 2. The summed E-state index contributed by atoms with van der Waals surface area (Å²) in [6.45, 7) is 2.16. The lowest BCUT2D eigenvalue weighted by molar-refractivity contribution is -0.121. The van der Waals surface area contributed by atoms with Crippen LogP contribution in [0.5, 0.6) is 0 Å². The molecule has 0 spiro atoms. The molecule has 1 heterocycles. The molecule has 0 unspecified atom stereocenters. The summed E-state index contributed by atoms with van der Waals surface area (Å²) in [5.41, 5.74) is 2.40. The van der Waals surface area contributed by atoms with Crippen LogP contribution in [0.4, 0.5) is 4.39 Å². The number of amides is 1. The van der Waals surface area contributed by atoms with Crippen molar-refractivity contribution in [1.29, 1.82) is 0 Å². The lowest BCUT2D eigenvalue weighted by Gasteiger charge is -2.21. The zero-order valence-corrected chi connectivity index (χ0v) is 12.5. The average molecular weight is 315 g/mol. The smallest absolute Gasteiger partial charge is 0.242 e. The number of carbonyl (C=O) groups excluding carboxylic acids is 1. The van der Waals surface area contributed by atoms with Crippen molar-refractivity contribution in [2.24, 2.45) is 4.99 Å². The molecule has 1 aromatic heterocycles. The molecule has 0 aliphatic carbocycles. The molecule has 0 radical (unpaired) electrons. The molecule has 2 aromatic rings. The average Bonchev–Trinajstić information content (AvgIpc) is 2.60. The Balaban J connectivity index is 2.10. The highest BCUT2D eigenvalue weighted by Crippen LogP contribution is 2.23. The molecule has 0 saturated carbocycles. The van der Waals surface area contributed by atoms with Gasteiger partial charge in [-0.25, -0.2) is 4.39 Å². The van der Waals surface area contributed by atoms with Crippen LogP contribution in [0.1, 0.15) is 11.7 Å². The van der Waals surface area contributed by atoms with Crippen molar-refractivity contribution in [2.75, 3.05) is 13.2 Å². The Hall–Kier alpha value is -2.60. The molecular weight excluding hydrogens is 297 g/mol. The van der Waals surface area contributed by atoms with Gasteiger partial charge in [-0.15, -0.1) is 0 Å². The van der Waals surface area contributed by atoms with Crippen LogP contribution in [-0.4, -0.2) is 42.0 Å². The standard InChI is InChI=1S/C17H18FN3O2/c1-19-11-16(22)21-15(9-18)17(23)13-6-4-12(5-7-13)14-3-2-8-20-10-14/h2-8,10,15,17,23H,1,9,11H2,(H,21,22)/t15-,17-/m1/s1. The van der Waals surface area contributed by atoms with Crippen LogP contribution in [0.3, 0.4) is 0 Å². The quantitative estimate of drug-likeness (QED) is 0.767. The van der Waals surface area contributed by atoms with E-state index in [-0.39, 0.29) is 6.54 Å². The van der Waals surface area contributed by atoms with Gasteiger partial charge in [0.25, 0.3) is 0 Å². The van der Waals surface area contributed by atoms with Crippen LogP contribution in [0.15, 0.2) is 53.8 Å². The number of alkyl halides is 1. The number of rotatable bonds is 7. The topological polar surface area (TPSA) is 74.6 Å². The Morgan fingerprint density at radius 1 is 1.30 bits per heavy atom. The number of hydrogen-bond donors (Lipinski definition) is 2. The summed E-state index contributed by atoms with van der Waals surface area (Å²) in [6.07, 6.45) is 2.28. The van der Waals surface area contributed by atoms with Crippen LogP contribution >= 0.6 is 0 Å². The Kier molecular flexibility index (Phi) is 5.94. The summed E-state index contributed by atoms with van der Waals surface area (Å²) in [4.78, 5) is 18.9. The SMILES string of the molecule is C=NCC(=O)N[C@H](CF)[C@H](O)c1ccc(-c2cccnc2)cc1. The normalized spacial score (nSPS) is 13.1. The van der Waals surface area contributed by atoms with Crippen molar-refractivity contribution in [3.8, 4) is 11.1 Å². The molecular formula is C17H18FN3O2. The predicted molar refractivity (Wildman–Crippen MR) is 87.0 cm³/mol. The van der Waals surface area contributed by atoms with Gasteiger partial charge < -0.3 is 10.4 Å². The van der Waals surface area contributed by atoms with Crippen LogP contribution in [0.2, 0.25) is 0 Å². The van der Waals surface area contributed by atoms with Gasteiger partial charge in [0.2, 0.25) is 5.91 Å². The second-order valence-electron chi connectivity index (χ2n) is 5.02. The first-order chi connectivity index (χ1) is 11.2. The van der Waals surface area contributed by atoms with Gasteiger partial charge in [-0.3, -0.25) is 14.8 Å². The Morgan fingerprint density at radius 3 is 2.61 bits per heavy atom. The van der Waals surface area contributed by atoms with Gasteiger partial charge in [0.15, 0.2) is 0 Å². The minimum atomic E-state index is -1.14. The fourth-order valence-electron chi connectivity index (χ4n) is 2.19.